The van der Waals surface area contributed by atoms with E-state index in [0.717, 1.165) is 34.4 Å². The molecular weight excluding hydrogens is 410 g/mol. The zero-order valence-electron chi connectivity index (χ0n) is 9.44. The first-order chi connectivity index (χ1) is 9.38. The Balaban J connectivity index is 2.11. The van der Waals surface area contributed by atoms with E-state index in [4.69, 9.17) is 5.11 Å². The molecule has 0 spiro atoms. The van der Waals surface area contributed by atoms with Gasteiger partial charge in [-0.25, -0.2) is 8.42 Å². The maximum atomic E-state index is 12.1. The van der Waals surface area contributed by atoms with Crippen LogP contribution in [0.3, 0.4) is 0 Å². The Morgan fingerprint density at radius 1 is 1.50 bits per heavy atom. The quantitative estimate of drug-likeness (QED) is 0.696. The van der Waals surface area contributed by atoms with Crippen molar-refractivity contribution in [3.05, 3.63) is 15.9 Å². The summed E-state index contributed by atoms with van der Waals surface area (Å²) in [6.07, 6.45) is 0. The van der Waals surface area contributed by atoms with Gasteiger partial charge in [0.1, 0.15) is 0 Å². The van der Waals surface area contributed by atoms with E-state index < -0.39 is 16.0 Å². The van der Waals surface area contributed by atoms with E-state index >= 15 is 0 Å². The lowest BCUT2D eigenvalue weighted by atomic mass is 10.7. The molecule has 0 bridgehead atoms. The van der Waals surface area contributed by atoms with Crippen molar-refractivity contribution in [2.45, 2.75) is 8.55 Å². The Labute approximate surface area is 134 Å². The van der Waals surface area contributed by atoms with E-state index in [1.165, 1.54) is 0 Å². The zero-order valence-corrected chi connectivity index (χ0v) is 14.3. The van der Waals surface area contributed by atoms with Gasteiger partial charge in [-0.05, 0) is 27.4 Å². The van der Waals surface area contributed by atoms with Gasteiger partial charge in [0.2, 0.25) is 5.13 Å². The molecule has 0 saturated carbocycles. The van der Waals surface area contributed by atoms with Gasteiger partial charge < -0.3 is 5.11 Å². The van der Waals surface area contributed by atoms with Crippen LogP contribution in [0.1, 0.15) is 0 Å². The molecular formula is C8H6BrN3O4S4. The fourth-order valence-corrected chi connectivity index (χ4v) is 6.11. The molecule has 0 unspecified atom stereocenters. The van der Waals surface area contributed by atoms with E-state index in [-0.39, 0.29) is 15.1 Å². The number of hydrogen-bond acceptors (Lipinski definition) is 8. The summed E-state index contributed by atoms with van der Waals surface area (Å²) in [5, 5.41) is 17.7. The molecule has 2 N–H and O–H groups in total. The van der Waals surface area contributed by atoms with Crippen molar-refractivity contribution in [2.75, 3.05) is 10.5 Å². The lowest BCUT2D eigenvalue weighted by molar-refractivity contribution is -0.133. The van der Waals surface area contributed by atoms with Crippen molar-refractivity contribution in [1.29, 1.82) is 0 Å². The first-order valence-corrected chi connectivity index (χ1v) is 9.78. The number of nitrogens with zero attached hydrogens (tertiary/aromatic N) is 2. The van der Waals surface area contributed by atoms with Crippen molar-refractivity contribution in [3.63, 3.8) is 0 Å². The van der Waals surface area contributed by atoms with E-state index in [2.05, 4.69) is 30.8 Å². The highest BCUT2D eigenvalue weighted by Gasteiger charge is 2.21. The van der Waals surface area contributed by atoms with Gasteiger partial charge in [-0.1, -0.05) is 23.1 Å². The normalized spacial score (nSPS) is 11.4. The predicted molar refractivity (Wildman–Crippen MR) is 81.1 cm³/mol. The molecule has 0 saturated heterocycles. The number of aliphatic carboxylic acids is 1. The minimum Gasteiger partial charge on any atom is -0.481 e. The van der Waals surface area contributed by atoms with Gasteiger partial charge >= 0.3 is 5.97 Å². The lowest BCUT2D eigenvalue weighted by Crippen LogP contribution is -2.11. The van der Waals surface area contributed by atoms with Crippen LogP contribution in [0.25, 0.3) is 0 Å². The fourth-order valence-electron chi connectivity index (χ4n) is 1.07. The van der Waals surface area contributed by atoms with Gasteiger partial charge in [-0.3, -0.25) is 9.52 Å². The summed E-state index contributed by atoms with van der Waals surface area (Å²) in [5.74, 6) is -1.13. The van der Waals surface area contributed by atoms with E-state index in [1.54, 1.807) is 11.4 Å². The van der Waals surface area contributed by atoms with Gasteiger partial charge in [0.25, 0.3) is 10.0 Å². The molecule has 2 heterocycles. The summed E-state index contributed by atoms with van der Waals surface area (Å²) in [6.45, 7) is 0. The number of thioether (sulfide) groups is 1. The Bertz CT molecular complexity index is 726. The molecule has 108 valence electrons. The van der Waals surface area contributed by atoms with Gasteiger partial charge in [-0.2, -0.15) is 0 Å². The van der Waals surface area contributed by atoms with E-state index in [9.17, 15) is 13.2 Å². The molecule has 12 heteroatoms. The highest BCUT2D eigenvalue weighted by molar-refractivity contribution is 9.10. The second-order valence-electron chi connectivity index (χ2n) is 3.22. The van der Waals surface area contributed by atoms with Gasteiger partial charge in [0.15, 0.2) is 8.55 Å². The number of thiophene rings is 1. The number of carboxylic acids is 1. The van der Waals surface area contributed by atoms with Crippen molar-refractivity contribution < 1.29 is 18.3 Å². The molecule has 0 aliphatic rings. The number of anilines is 1. The molecule has 0 atom stereocenters. The topological polar surface area (TPSA) is 109 Å². The predicted octanol–water partition coefficient (Wildman–Crippen LogP) is 2.34. The van der Waals surface area contributed by atoms with E-state index in [0.29, 0.717) is 8.81 Å². The van der Waals surface area contributed by atoms with Crippen LogP contribution < -0.4 is 4.72 Å². The molecule has 0 fully saturated rings. The Kier molecular flexibility index (Phi) is 5.01. The minimum absolute atomic E-state index is 0.0955. The second kappa shape index (κ2) is 6.39. The van der Waals surface area contributed by atoms with Gasteiger partial charge in [0, 0.05) is 4.47 Å². The number of halogens is 1. The molecule has 2 rings (SSSR count). The summed E-state index contributed by atoms with van der Waals surface area (Å²) < 4.78 is 27.4. The lowest BCUT2D eigenvalue weighted by Gasteiger charge is -2.01. The van der Waals surface area contributed by atoms with Crippen molar-refractivity contribution in [1.82, 2.24) is 10.2 Å². The maximum Gasteiger partial charge on any atom is 0.313 e. The van der Waals surface area contributed by atoms with Crippen LogP contribution in [0.4, 0.5) is 5.13 Å². The Hall–Kier alpha value is -0.690. The fraction of sp³-hybridized carbons (Fsp3) is 0.125. The average molecular weight is 416 g/mol. The molecule has 2 aromatic rings. The minimum atomic E-state index is -3.71. The second-order valence-corrected chi connectivity index (χ2v) is 9.07. The number of carbonyl (C=O) groups is 1. The molecule has 0 radical (unpaired) electrons. The van der Waals surface area contributed by atoms with Crippen LogP contribution in [0, 0.1) is 0 Å². The van der Waals surface area contributed by atoms with Crippen LogP contribution in [-0.4, -0.2) is 35.4 Å². The standard InChI is InChI=1S/C8H6BrN3O4S4/c9-4-1-2-17-6(4)20(15,16)12-7-10-11-8(19-7)18-3-5(13)14/h1-2H,3H2,(H,10,12)(H,13,14). The van der Waals surface area contributed by atoms with Crippen LogP contribution in [0.5, 0.6) is 0 Å². The van der Waals surface area contributed by atoms with Crippen LogP contribution in [0.2, 0.25) is 0 Å². The maximum absolute atomic E-state index is 12.1. The van der Waals surface area contributed by atoms with Gasteiger partial charge in [0.05, 0.1) is 5.75 Å². The van der Waals surface area contributed by atoms with Crippen molar-refractivity contribution >= 4 is 71.5 Å². The Morgan fingerprint density at radius 3 is 2.85 bits per heavy atom. The SMILES string of the molecule is O=C(O)CSc1nnc(NS(=O)(=O)c2sccc2Br)s1. The molecule has 0 amide bonds. The molecule has 2 aromatic heterocycles. The smallest absolute Gasteiger partial charge is 0.313 e. The first kappa shape index (κ1) is 15.7. The number of rotatable bonds is 6. The molecule has 0 aliphatic carbocycles. The van der Waals surface area contributed by atoms with Crippen molar-refractivity contribution in [2.24, 2.45) is 0 Å². The summed E-state index contributed by atoms with van der Waals surface area (Å²) in [4.78, 5) is 10.4. The zero-order chi connectivity index (χ0) is 14.8. The van der Waals surface area contributed by atoms with Crippen molar-refractivity contribution in [3.8, 4) is 0 Å². The molecule has 20 heavy (non-hydrogen) atoms. The third-order valence-electron chi connectivity index (χ3n) is 1.78. The van der Waals surface area contributed by atoms with Crippen LogP contribution in [0.15, 0.2) is 24.5 Å². The third-order valence-corrected chi connectivity index (χ3v) is 7.87. The van der Waals surface area contributed by atoms with Crippen LogP contribution >= 0.6 is 50.4 Å². The summed E-state index contributed by atoms with van der Waals surface area (Å²) in [6, 6.07) is 1.63. The molecule has 7 nitrogen and oxygen atoms in total. The first-order valence-electron chi connectivity index (χ1n) is 4.82. The molecule has 0 aromatic carbocycles. The summed E-state index contributed by atoms with van der Waals surface area (Å²) >= 11 is 6.18. The number of aromatic nitrogens is 2. The number of hydrogen-bond donors (Lipinski definition) is 2. The summed E-state index contributed by atoms with van der Waals surface area (Å²) in [5.41, 5.74) is 0. The highest BCUT2D eigenvalue weighted by Crippen LogP contribution is 2.31. The Morgan fingerprint density at radius 2 is 2.25 bits per heavy atom. The largest absolute Gasteiger partial charge is 0.481 e. The van der Waals surface area contributed by atoms with Gasteiger partial charge in [-0.15, -0.1) is 21.5 Å². The number of sulfonamides is 1. The average Bonchev–Trinajstić information content (AvgIpc) is 2.95. The highest BCUT2D eigenvalue weighted by atomic mass is 79.9. The van der Waals surface area contributed by atoms with E-state index in [1.807, 2.05) is 0 Å². The summed E-state index contributed by atoms with van der Waals surface area (Å²) in [7, 11) is -3.71. The van der Waals surface area contributed by atoms with Crippen LogP contribution in [-0.2, 0) is 14.8 Å². The third kappa shape index (κ3) is 3.91. The monoisotopic (exact) mass is 415 g/mol. The molecule has 0 aliphatic heterocycles. The number of nitrogens with one attached hydrogen (secondary N) is 1. The number of carboxylic acid groups (broad SMARTS) is 1.